The number of nitrogens with zero attached hydrogens (tertiary/aromatic N) is 7. The smallest absolute Gasteiger partial charge is 0.433 e. The largest absolute Gasteiger partial charge is 0.474 e. The zero-order valence-corrected chi connectivity index (χ0v) is 22.4. The lowest BCUT2D eigenvalue weighted by atomic mass is 9.69. The molecule has 41 heavy (non-hydrogen) atoms. The first kappa shape index (κ1) is 27.2. The summed E-state index contributed by atoms with van der Waals surface area (Å²) in [6.07, 6.45) is 5.55. The molecule has 1 saturated carbocycles. The van der Waals surface area contributed by atoms with E-state index < -0.39 is 17.4 Å². The third-order valence-electron chi connectivity index (χ3n) is 8.08. The van der Waals surface area contributed by atoms with Crippen LogP contribution in [-0.4, -0.2) is 67.0 Å². The van der Waals surface area contributed by atoms with Crippen LogP contribution in [0, 0.1) is 11.3 Å². The monoisotopic (exact) mass is 566 g/mol. The van der Waals surface area contributed by atoms with Gasteiger partial charge in [0.05, 0.1) is 36.5 Å². The molecule has 0 atom stereocenters. The first-order chi connectivity index (χ1) is 19.8. The number of ether oxygens (including phenoxy) is 2. The lowest BCUT2D eigenvalue weighted by Gasteiger charge is -2.52. The van der Waals surface area contributed by atoms with E-state index in [0.717, 1.165) is 54.3 Å². The summed E-state index contributed by atoms with van der Waals surface area (Å²) in [6, 6.07) is 7.05. The number of alkyl halides is 3. The first-order valence-electron chi connectivity index (χ1n) is 13.5. The first-order valence-corrected chi connectivity index (χ1v) is 13.5. The SMILES string of the molecule is COCc1cc(OC2CCN([C@H]3C[C@@](CC#N)(n4cc(-c5ncnc6[nH]ccc56)cn4)C3)CC2)nc(C(F)(F)F)c1. The Bertz CT molecular complexity index is 1560. The minimum atomic E-state index is -4.57. The number of likely N-dealkylation sites (tertiary alicyclic amines) is 1. The van der Waals surface area contributed by atoms with Crippen LogP contribution >= 0.6 is 0 Å². The molecule has 0 aromatic carbocycles. The van der Waals surface area contributed by atoms with Gasteiger partial charge >= 0.3 is 6.18 Å². The van der Waals surface area contributed by atoms with Gasteiger partial charge < -0.3 is 14.5 Å². The summed E-state index contributed by atoms with van der Waals surface area (Å²) in [4.78, 5) is 17.9. The van der Waals surface area contributed by atoms with Crippen molar-refractivity contribution in [2.24, 2.45) is 0 Å². The Kier molecular flexibility index (Phi) is 7.13. The molecule has 13 heteroatoms. The van der Waals surface area contributed by atoms with Crippen LogP contribution in [0.4, 0.5) is 13.2 Å². The highest BCUT2D eigenvalue weighted by Gasteiger charge is 2.49. The van der Waals surface area contributed by atoms with Gasteiger partial charge in [0, 0.05) is 55.7 Å². The molecule has 2 aliphatic rings. The predicted octanol–water partition coefficient (Wildman–Crippen LogP) is 4.70. The number of fused-ring (bicyclic) bond motifs is 1. The molecule has 0 bridgehead atoms. The van der Waals surface area contributed by atoms with Crippen molar-refractivity contribution in [2.45, 2.75) is 62.6 Å². The van der Waals surface area contributed by atoms with Crippen LogP contribution in [0.3, 0.4) is 0 Å². The van der Waals surface area contributed by atoms with Crippen LogP contribution in [0.15, 0.2) is 43.1 Å². The van der Waals surface area contributed by atoms with Crippen LogP contribution in [0.2, 0.25) is 0 Å². The van der Waals surface area contributed by atoms with Gasteiger partial charge in [-0.2, -0.15) is 23.5 Å². The maximum atomic E-state index is 13.3. The number of hydrogen-bond donors (Lipinski definition) is 1. The van der Waals surface area contributed by atoms with Gasteiger partial charge in [-0.15, -0.1) is 0 Å². The summed E-state index contributed by atoms with van der Waals surface area (Å²) in [7, 11) is 1.43. The van der Waals surface area contributed by atoms with E-state index in [1.165, 1.54) is 19.5 Å². The highest BCUT2D eigenvalue weighted by Crippen LogP contribution is 2.45. The van der Waals surface area contributed by atoms with Crippen LogP contribution in [-0.2, 0) is 23.1 Å². The number of pyridine rings is 1. The van der Waals surface area contributed by atoms with E-state index in [1.54, 1.807) is 6.20 Å². The number of halogens is 3. The highest BCUT2D eigenvalue weighted by molar-refractivity contribution is 5.90. The van der Waals surface area contributed by atoms with Crippen molar-refractivity contribution in [3.05, 3.63) is 54.4 Å². The van der Waals surface area contributed by atoms with E-state index in [2.05, 4.69) is 36.0 Å². The van der Waals surface area contributed by atoms with Crippen molar-refractivity contribution in [3.8, 4) is 23.2 Å². The van der Waals surface area contributed by atoms with E-state index >= 15 is 0 Å². The molecule has 4 aromatic heterocycles. The molecule has 10 nitrogen and oxygen atoms in total. The molecular weight excluding hydrogens is 537 g/mol. The maximum Gasteiger partial charge on any atom is 0.433 e. The van der Waals surface area contributed by atoms with Gasteiger partial charge in [0.1, 0.15) is 23.8 Å². The molecule has 1 saturated heterocycles. The van der Waals surface area contributed by atoms with Crippen molar-refractivity contribution < 1.29 is 22.6 Å². The molecule has 0 unspecified atom stereocenters. The summed E-state index contributed by atoms with van der Waals surface area (Å²) >= 11 is 0. The fourth-order valence-electron chi connectivity index (χ4n) is 5.99. The summed E-state index contributed by atoms with van der Waals surface area (Å²) in [5.41, 5.74) is 1.40. The zero-order chi connectivity index (χ0) is 28.6. The highest BCUT2D eigenvalue weighted by atomic mass is 19.4. The summed E-state index contributed by atoms with van der Waals surface area (Å²) < 4.78 is 52.8. The summed E-state index contributed by atoms with van der Waals surface area (Å²) in [6.45, 7) is 1.54. The van der Waals surface area contributed by atoms with E-state index in [4.69, 9.17) is 9.47 Å². The van der Waals surface area contributed by atoms with Crippen molar-refractivity contribution in [3.63, 3.8) is 0 Å². The molecule has 0 spiro atoms. The molecule has 0 amide bonds. The zero-order valence-electron chi connectivity index (χ0n) is 22.4. The van der Waals surface area contributed by atoms with Crippen LogP contribution in [0.5, 0.6) is 5.88 Å². The third kappa shape index (κ3) is 5.37. The van der Waals surface area contributed by atoms with Gasteiger partial charge in [-0.05, 0) is 43.4 Å². The number of H-pyrrole nitrogens is 1. The van der Waals surface area contributed by atoms with Gasteiger partial charge in [0.25, 0.3) is 0 Å². The Balaban J connectivity index is 1.09. The molecule has 0 radical (unpaired) electrons. The standard InChI is InChI=1S/C28H29F3N8O2/c1-40-16-18-10-23(28(29,30)31)37-24(11-18)41-21-3-8-38(9-4-21)20-12-27(13-20,5-6-32)39-15-19(14-36-39)25-22-2-7-33-26(22)35-17-34-25/h2,7,10-11,14-15,17,20-21H,3-5,8-9,12-13,16H2,1H3,(H,33,34,35)/t20-,27+. The number of methoxy groups -OCH3 is 1. The van der Waals surface area contributed by atoms with Crippen LogP contribution in [0.1, 0.15) is 43.4 Å². The Labute approximate surface area is 234 Å². The molecule has 214 valence electrons. The predicted molar refractivity (Wildman–Crippen MR) is 142 cm³/mol. The fourth-order valence-corrected chi connectivity index (χ4v) is 5.99. The van der Waals surface area contributed by atoms with E-state index in [-0.39, 0.29) is 24.6 Å². The second-order valence-electron chi connectivity index (χ2n) is 10.7. The normalized spacial score (nSPS) is 22.0. The summed E-state index contributed by atoms with van der Waals surface area (Å²) in [5.74, 6) is -0.0305. The van der Waals surface area contributed by atoms with Gasteiger partial charge in [0.15, 0.2) is 0 Å². The molecule has 6 rings (SSSR count). The van der Waals surface area contributed by atoms with Gasteiger partial charge in [-0.3, -0.25) is 9.58 Å². The molecule has 2 fully saturated rings. The van der Waals surface area contributed by atoms with E-state index in [9.17, 15) is 18.4 Å². The maximum absolute atomic E-state index is 13.3. The van der Waals surface area contributed by atoms with Crippen molar-refractivity contribution in [1.82, 2.24) is 34.6 Å². The van der Waals surface area contributed by atoms with Gasteiger partial charge in [-0.25, -0.2) is 15.0 Å². The molecular formula is C28H29F3N8O2. The fraction of sp³-hybridized carbons (Fsp3) is 0.464. The van der Waals surface area contributed by atoms with Gasteiger partial charge in [-0.1, -0.05) is 0 Å². The Hall–Kier alpha value is -4.02. The third-order valence-corrected chi connectivity index (χ3v) is 8.08. The second kappa shape index (κ2) is 10.8. The van der Waals surface area contributed by atoms with Crippen molar-refractivity contribution in [2.75, 3.05) is 20.2 Å². The molecule has 5 heterocycles. The number of hydrogen-bond acceptors (Lipinski definition) is 8. The number of rotatable bonds is 8. The number of piperidine rings is 1. The van der Waals surface area contributed by atoms with Crippen molar-refractivity contribution in [1.29, 1.82) is 5.26 Å². The quantitative estimate of drug-likeness (QED) is 0.326. The summed E-state index contributed by atoms with van der Waals surface area (Å²) in [5, 5.41) is 15.2. The molecule has 4 aromatic rings. The number of nitriles is 1. The topological polar surface area (TPSA) is 118 Å². The molecule has 1 aliphatic heterocycles. The average Bonchev–Trinajstić information content (AvgIpc) is 3.61. The number of nitrogens with one attached hydrogen (secondary N) is 1. The number of aromatic amines is 1. The Morgan fingerprint density at radius 3 is 2.73 bits per heavy atom. The molecule has 1 N–H and O–H groups in total. The lowest BCUT2D eigenvalue weighted by Crippen LogP contribution is -2.58. The van der Waals surface area contributed by atoms with Crippen molar-refractivity contribution >= 4 is 11.0 Å². The molecule has 1 aliphatic carbocycles. The Morgan fingerprint density at radius 2 is 2.00 bits per heavy atom. The average molecular weight is 567 g/mol. The van der Waals surface area contributed by atoms with E-state index in [1.807, 2.05) is 23.1 Å². The van der Waals surface area contributed by atoms with Gasteiger partial charge in [0.2, 0.25) is 5.88 Å². The lowest BCUT2D eigenvalue weighted by molar-refractivity contribution is -0.141. The Morgan fingerprint density at radius 1 is 1.20 bits per heavy atom. The minimum absolute atomic E-state index is 0.0305. The van der Waals surface area contributed by atoms with Crippen LogP contribution in [0.25, 0.3) is 22.3 Å². The number of aromatic nitrogens is 6. The van der Waals surface area contributed by atoms with E-state index in [0.29, 0.717) is 24.8 Å². The minimum Gasteiger partial charge on any atom is -0.474 e. The second-order valence-corrected chi connectivity index (χ2v) is 10.7. The van der Waals surface area contributed by atoms with Crippen LogP contribution < -0.4 is 4.74 Å².